The molecule has 2 fully saturated rings. The first-order valence-electron chi connectivity index (χ1n) is 9.56. The summed E-state index contributed by atoms with van der Waals surface area (Å²) in [6, 6.07) is 0. The number of rotatable bonds is 3. The third-order valence-electron chi connectivity index (χ3n) is 5.07. The third kappa shape index (κ3) is 6.36. The number of halogens is 1. The van der Waals surface area contributed by atoms with Crippen molar-refractivity contribution in [3.8, 4) is 0 Å². The van der Waals surface area contributed by atoms with Gasteiger partial charge in [-0.2, -0.15) is 0 Å². The first-order valence-corrected chi connectivity index (χ1v) is 9.56. The zero-order chi connectivity index (χ0) is 16.9. The second-order valence-electron chi connectivity index (χ2n) is 8.45. The molecule has 0 spiro atoms. The molecule has 0 aromatic carbocycles. The summed E-state index contributed by atoms with van der Waals surface area (Å²) >= 11 is 0. The van der Waals surface area contributed by atoms with Gasteiger partial charge in [-0.1, -0.05) is 27.7 Å². The lowest BCUT2D eigenvalue weighted by atomic mass is 9.78. The molecule has 2 heterocycles. The topological polar surface area (TPSA) is 36.9 Å². The lowest BCUT2D eigenvalue weighted by Crippen LogP contribution is -2.47. The molecule has 0 amide bonds. The summed E-state index contributed by atoms with van der Waals surface area (Å²) in [5, 5.41) is 3.50. The Morgan fingerprint density at radius 1 is 1.25 bits per heavy atom. The fraction of sp³-hybridized carbons (Fsp3) is 0.947. The van der Waals surface area contributed by atoms with E-state index >= 15 is 0 Å². The summed E-state index contributed by atoms with van der Waals surface area (Å²) in [7, 11) is 0. The van der Waals surface area contributed by atoms with Crippen LogP contribution >= 0.6 is 24.0 Å². The van der Waals surface area contributed by atoms with Gasteiger partial charge in [0, 0.05) is 38.7 Å². The SMILES string of the molecule is CCNC(=NCC1CCCOC1C(C)(C)C)N1CCCC(C)C1.I. The Morgan fingerprint density at radius 3 is 2.62 bits per heavy atom. The van der Waals surface area contributed by atoms with Crippen molar-refractivity contribution in [2.24, 2.45) is 22.2 Å². The number of nitrogens with zero attached hydrogens (tertiary/aromatic N) is 2. The molecular formula is C19H38IN3O. The van der Waals surface area contributed by atoms with Crippen LogP contribution in [0.25, 0.3) is 0 Å². The normalized spacial score (nSPS) is 29.1. The van der Waals surface area contributed by atoms with E-state index in [9.17, 15) is 0 Å². The minimum Gasteiger partial charge on any atom is -0.377 e. The van der Waals surface area contributed by atoms with Crippen molar-refractivity contribution in [3.05, 3.63) is 0 Å². The van der Waals surface area contributed by atoms with Crippen LogP contribution in [0.1, 0.15) is 60.3 Å². The molecule has 5 heteroatoms. The maximum absolute atomic E-state index is 6.11. The standard InChI is InChI=1S/C19H37N3O.HI/c1-6-20-18(22-11-7-9-15(2)14-22)21-13-16-10-8-12-23-17(16)19(3,4)5;/h15-17H,6-14H2,1-5H3,(H,20,21);1H. The molecule has 0 aromatic rings. The van der Waals surface area contributed by atoms with Crippen LogP contribution in [0.3, 0.4) is 0 Å². The smallest absolute Gasteiger partial charge is 0.193 e. The minimum atomic E-state index is 0. The van der Waals surface area contributed by atoms with Gasteiger partial charge in [-0.15, -0.1) is 24.0 Å². The average Bonchev–Trinajstić information content (AvgIpc) is 2.51. The molecule has 24 heavy (non-hydrogen) atoms. The predicted octanol–water partition coefficient (Wildman–Crippen LogP) is 4.14. The number of guanidine groups is 1. The number of nitrogens with one attached hydrogen (secondary N) is 1. The minimum absolute atomic E-state index is 0. The first-order chi connectivity index (χ1) is 10.9. The van der Waals surface area contributed by atoms with E-state index < -0.39 is 0 Å². The number of aliphatic imine (C=N–C) groups is 1. The molecular weight excluding hydrogens is 413 g/mol. The van der Waals surface area contributed by atoms with E-state index in [4.69, 9.17) is 9.73 Å². The van der Waals surface area contributed by atoms with Crippen LogP contribution in [0, 0.1) is 17.3 Å². The van der Waals surface area contributed by atoms with E-state index in [1.165, 1.54) is 25.7 Å². The highest BCUT2D eigenvalue weighted by Gasteiger charge is 2.35. The van der Waals surface area contributed by atoms with Gasteiger partial charge in [-0.3, -0.25) is 4.99 Å². The van der Waals surface area contributed by atoms with Crippen molar-refractivity contribution in [2.75, 3.05) is 32.8 Å². The van der Waals surface area contributed by atoms with Gasteiger partial charge in [0.15, 0.2) is 5.96 Å². The second kappa shape index (κ2) is 10.2. The Labute approximate surface area is 166 Å². The van der Waals surface area contributed by atoms with Gasteiger partial charge >= 0.3 is 0 Å². The fourth-order valence-electron chi connectivity index (χ4n) is 4.00. The van der Waals surface area contributed by atoms with E-state index in [0.717, 1.165) is 44.7 Å². The molecule has 0 saturated carbocycles. The molecule has 142 valence electrons. The highest BCUT2D eigenvalue weighted by molar-refractivity contribution is 14.0. The molecule has 2 saturated heterocycles. The molecule has 2 rings (SSSR count). The molecule has 0 bridgehead atoms. The van der Waals surface area contributed by atoms with Crippen LogP contribution in [-0.2, 0) is 4.74 Å². The largest absolute Gasteiger partial charge is 0.377 e. The van der Waals surface area contributed by atoms with E-state index in [-0.39, 0.29) is 29.4 Å². The Balaban J connectivity index is 0.00000288. The van der Waals surface area contributed by atoms with Crippen molar-refractivity contribution in [1.82, 2.24) is 10.2 Å². The molecule has 2 aliphatic heterocycles. The zero-order valence-corrected chi connectivity index (χ0v) is 18.6. The molecule has 3 atom stereocenters. The summed E-state index contributed by atoms with van der Waals surface area (Å²) < 4.78 is 6.11. The van der Waals surface area contributed by atoms with Gasteiger partial charge < -0.3 is 15.0 Å². The first kappa shape index (κ1) is 22.0. The summed E-state index contributed by atoms with van der Waals surface area (Å²) in [6.07, 6.45) is 5.36. The van der Waals surface area contributed by atoms with Crippen molar-refractivity contribution in [3.63, 3.8) is 0 Å². The van der Waals surface area contributed by atoms with Gasteiger partial charge in [-0.05, 0) is 43.9 Å². The van der Waals surface area contributed by atoms with Crippen LogP contribution in [0.2, 0.25) is 0 Å². The second-order valence-corrected chi connectivity index (χ2v) is 8.45. The number of hydrogen-bond acceptors (Lipinski definition) is 2. The number of likely N-dealkylation sites (tertiary alicyclic amines) is 1. The Morgan fingerprint density at radius 2 is 2.00 bits per heavy atom. The monoisotopic (exact) mass is 451 g/mol. The molecule has 0 aliphatic carbocycles. The molecule has 0 aromatic heterocycles. The lowest BCUT2D eigenvalue weighted by molar-refractivity contribution is -0.0824. The van der Waals surface area contributed by atoms with Gasteiger partial charge in [0.25, 0.3) is 0 Å². The molecule has 2 aliphatic rings. The van der Waals surface area contributed by atoms with Crippen LogP contribution in [0.4, 0.5) is 0 Å². The van der Waals surface area contributed by atoms with E-state index in [0.29, 0.717) is 12.0 Å². The van der Waals surface area contributed by atoms with E-state index in [1.807, 2.05) is 0 Å². The van der Waals surface area contributed by atoms with Crippen LogP contribution in [0.5, 0.6) is 0 Å². The Hall–Kier alpha value is -0.0400. The zero-order valence-electron chi connectivity index (χ0n) is 16.3. The molecule has 4 nitrogen and oxygen atoms in total. The number of ether oxygens (including phenoxy) is 1. The number of hydrogen-bond donors (Lipinski definition) is 1. The quantitative estimate of drug-likeness (QED) is 0.398. The molecule has 0 radical (unpaired) electrons. The predicted molar refractivity (Wildman–Crippen MR) is 113 cm³/mol. The Bertz CT molecular complexity index is 395. The highest BCUT2D eigenvalue weighted by atomic mass is 127. The maximum atomic E-state index is 6.11. The van der Waals surface area contributed by atoms with Crippen LogP contribution < -0.4 is 5.32 Å². The number of piperidine rings is 1. The van der Waals surface area contributed by atoms with E-state index in [1.54, 1.807) is 0 Å². The van der Waals surface area contributed by atoms with Gasteiger partial charge in [0.1, 0.15) is 0 Å². The van der Waals surface area contributed by atoms with Crippen molar-refractivity contribution in [1.29, 1.82) is 0 Å². The van der Waals surface area contributed by atoms with Crippen molar-refractivity contribution >= 4 is 29.9 Å². The summed E-state index contributed by atoms with van der Waals surface area (Å²) in [5.74, 6) is 2.42. The van der Waals surface area contributed by atoms with Crippen molar-refractivity contribution < 1.29 is 4.74 Å². The van der Waals surface area contributed by atoms with Crippen LogP contribution in [0.15, 0.2) is 4.99 Å². The maximum Gasteiger partial charge on any atom is 0.193 e. The molecule has 1 N–H and O–H groups in total. The third-order valence-corrected chi connectivity index (χ3v) is 5.07. The summed E-state index contributed by atoms with van der Waals surface area (Å²) in [4.78, 5) is 7.46. The van der Waals surface area contributed by atoms with Gasteiger partial charge in [-0.25, -0.2) is 0 Å². The fourth-order valence-corrected chi connectivity index (χ4v) is 4.00. The van der Waals surface area contributed by atoms with E-state index in [2.05, 4.69) is 44.8 Å². The van der Waals surface area contributed by atoms with Gasteiger partial charge in [0.2, 0.25) is 0 Å². The van der Waals surface area contributed by atoms with Crippen LogP contribution in [-0.4, -0.2) is 49.7 Å². The van der Waals surface area contributed by atoms with Crippen molar-refractivity contribution in [2.45, 2.75) is 66.4 Å². The Kier molecular flexibility index (Phi) is 9.34. The highest BCUT2D eigenvalue weighted by Crippen LogP contribution is 2.34. The van der Waals surface area contributed by atoms with Gasteiger partial charge in [0.05, 0.1) is 6.10 Å². The average molecular weight is 451 g/mol. The summed E-state index contributed by atoms with van der Waals surface area (Å²) in [5.41, 5.74) is 0.193. The lowest BCUT2D eigenvalue weighted by Gasteiger charge is -2.40. The molecule has 3 unspecified atom stereocenters. The summed E-state index contributed by atoms with van der Waals surface area (Å²) in [6.45, 7) is 16.4.